The van der Waals surface area contributed by atoms with Crippen molar-refractivity contribution in [2.75, 3.05) is 20.2 Å². The first-order valence-electron chi connectivity index (χ1n) is 9.87. The SMILES string of the molecule is COC(=O)c1ccc(CNC(=O)c2ccc(S(=O)(=O)N3CCCC(C)C3)cc2)cc1. The molecule has 0 bridgehead atoms. The summed E-state index contributed by atoms with van der Waals surface area (Å²) in [6, 6.07) is 12.8. The number of sulfonamides is 1. The molecule has 7 nitrogen and oxygen atoms in total. The molecule has 1 saturated heterocycles. The molecular weight excluding hydrogens is 404 g/mol. The first-order chi connectivity index (χ1) is 14.3. The van der Waals surface area contributed by atoms with Crippen LogP contribution in [0.3, 0.4) is 0 Å². The molecule has 0 aromatic heterocycles. The van der Waals surface area contributed by atoms with Crippen molar-refractivity contribution in [3.8, 4) is 0 Å². The van der Waals surface area contributed by atoms with Crippen molar-refractivity contribution in [3.63, 3.8) is 0 Å². The number of nitrogens with zero attached hydrogens (tertiary/aromatic N) is 1. The molecule has 1 atom stereocenters. The van der Waals surface area contributed by atoms with Crippen molar-refractivity contribution in [2.45, 2.75) is 31.2 Å². The zero-order chi connectivity index (χ0) is 21.7. The van der Waals surface area contributed by atoms with Gasteiger partial charge < -0.3 is 10.1 Å². The van der Waals surface area contributed by atoms with Gasteiger partial charge in [-0.05, 0) is 60.7 Å². The van der Waals surface area contributed by atoms with E-state index in [1.54, 1.807) is 24.3 Å². The molecule has 1 unspecified atom stereocenters. The fourth-order valence-corrected chi connectivity index (χ4v) is 5.05. The summed E-state index contributed by atoms with van der Waals surface area (Å²) in [5, 5.41) is 2.79. The van der Waals surface area contributed by atoms with Crippen molar-refractivity contribution in [1.29, 1.82) is 0 Å². The number of piperidine rings is 1. The Balaban J connectivity index is 1.61. The average Bonchev–Trinajstić information content (AvgIpc) is 2.77. The first-order valence-corrected chi connectivity index (χ1v) is 11.3. The van der Waals surface area contributed by atoms with E-state index in [-0.39, 0.29) is 17.3 Å². The predicted octanol–water partition coefficient (Wildman–Crippen LogP) is 2.82. The predicted molar refractivity (Wildman–Crippen MR) is 113 cm³/mol. The molecule has 30 heavy (non-hydrogen) atoms. The lowest BCUT2D eigenvalue weighted by atomic mass is 10.0. The maximum absolute atomic E-state index is 12.8. The van der Waals surface area contributed by atoms with Crippen molar-refractivity contribution in [2.24, 2.45) is 5.92 Å². The molecular formula is C22H26N2O5S. The lowest BCUT2D eigenvalue weighted by Gasteiger charge is -2.30. The third kappa shape index (κ3) is 5.06. The van der Waals surface area contributed by atoms with Crippen LogP contribution in [0.15, 0.2) is 53.4 Å². The van der Waals surface area contributed by atoms with Crippen LogP contribution in [-0.2, 0) is 21.3 Å². The Labute approximate surface area is 177 Å². The van der Waals surface area contributed by atoms with Gasteiger partial charge >= 0.3 is 5.97 Å². The van der Waals surface area contributed by atoms with Crippen LogP contribution >= 0.6 is 0 Å². The summed E-state index contributed by atoms with van der Waals surface area (Å²) >= 11 is 0. The van der Waals surface area contributed by atoms with Gasteiger partial charge in [-0.1, -0.05) is 19.1 Å². The van der Waals surface area contributed by atoms with Gasteiger partial charge in [0.05, 0.1) is 17.6 Å². The van der Waals surface area contributed by atoms with Crippen LogP contribution in [-0.4, -0.2) is 44.8 Å². The largest absolute Gasteiger partial charge is 0.465 e. The van der Waals surface area contributed by atoms with E-state index in [0.29, 0.717) is 30.1 Å². The number of carbonyl (C=O) groups is 2. The zero-order valence-corrected chi connectivity index (χ0v) is 17.9. The van der Waals surface area contributed by atoms with Crippen LogP contribution in [0.2, 0.25) is 0 Å². The summed E-state index contributed by atoms with van der Waals surface area (Å²) in [6.07, 6.45) is 1.90. The number of nitrogens with one attached hydrogen (secondary N) is 1. The molecule has 1 aliphatic heterocycles. The van der Waals surface area contributed by atoms with Gasteiger partial charge in [0.25, 0.3) is 5.91 Å². The zero-order valence-electron chi connectivity index (χ0n) is 17.1. The molecule has 1 aliphatic rings. The first kappa shape index (κ1) is 22.0. The van der Waals surface area contributed by atoms with E-state index in [9.17, 15) is 18.0 Å². The molecule has 3 rings (SSSR count). The molecule has 2 aromatic carbocycles. The summed E-state index contributed by atoms with van der Waals surface area (Å²) in [7, 11) is -2.22. The van der Waals surface area contributed by atoms with E-state index in [1.807, 2.05) is 0 Å². The second-order valence-electron chi connectivity index (χ2n) is 7.51. The standard InChI is InChI=1S/C22H26N2O5S/c1-16-4-3-13-24(15-16)30(27,28)20-11-9-18(10-12-20)21(25)23-14-17-5-7-19(8-6-17)22(26)29-2/h5-12,16H,3-4,13-15H2,1-2H3,(H,23,25). The van der Waals surface area contributed by atoms with Gasteiger partial charge in [-0.3, -0.25) is 4.79 Å². The van der Waals surface area contributed by atoms with Crippen LogP contribution in [0, 0.1) is 5.92 Å². The van der Waals surface area contributed by atoms with E-state index >= 15 is 0 Å². The Morgan fingerprint density at radius 3 is 2.30 bits per heavy atom. The maximum atomic E-state index is 12.8. The third-order valence-electron chi connectivity index (χ3n) is 5.20. The molecule has 0 spiro atoms. The number of methoxy groups -OCH3 is 1. The minimum atomic E-state index is -3.54. The van der Waals surface area contributed by atoms with E-state index in [0.717, 1.165) is 18.4 Å². The second-order valence-corrected chi connectivity index (χ2v) is 9.44. The Hall–Kier alpha value is -2.71. The van der Waals surface area contributed by atoms with Crippen molar-refractivity contribution < 1.29 is 22.7 Å². The molecule has 1 fully saturated rings. The minimum Gasteiger partial charge on any atom is -0.465 e. The third-order valence-corrected chi connectivity index (χ3v) is 7.08. The van der Waals surface area contributed by atoms with Crippen LogP contribution < -0.4 is 5.32 Å². The highest BCUT2D eigenvalue weighted by atomic mass is 32.2. The van der Waals surface area contributed by atoms with Crippen LogP contribution in [0.1, 0.15) is 46.0 Å². The smallest absolute Gasteiger partial charge is 0.337 e. The Bertz CT molecular complexity index is 1000. The number of ether oxygens (including phenoxy) is 1. The molecule has 160 valence electrons. The fourth-order valence-electron chi connectivity index (χ4n) is 3.45. The van der Waals surface area contributed by atoms with Crippen molar-refractivity contribution in [1.82, 2.24) is 9.62 Å². The van der Waals surface area contributed by atoms with Crippen LogP contribution in [0.25, 0.3) is 0 Å². The van der Waals surface area contributed by atoms with Gasteiger partial charge in [-0.25, -0.2) is 13.2 Å². The molecule has 0 saturated carbocycles. The second kappa shape index (κ2) is 9.40. The average molecular weight is 431 g/mol. The van der Waals surface area contributed by atoms with E-state index in [2.05, 4.69) is 17.0 Å². The quantitative estimate of drug-likeness (QED) is 0.712. The van der Waals surface area contributed by atoms with E-state index in [4.69, 9.17) is 0 Å². The van der Waals surface area contributed by atoms with E-state index in [1.165, 1.54) is 35.7 Å². The number of benzene rings is 2. The van der Waals surface area contributed by atoms with Gasteiger partial charge in [0.1, 0.15) is 0 Å². The van der Waals surface area contributed by atoms with Gasteiger partial charge in [-0.2, -0.15) is 4.31 Å². The number of hydrogen-bond donors (Lipinski definition) is 1. The number of esters is 1. The molecule has 2 aromatic rings. The lowest BCUT2D eigenvalue weighted by molar-refractivity contribution is 0.0600. The molecule has 1 heterocycles. The highest BCUT2D eigenvalue weighted by Crippen LogP contribution is 2.23. The molecule has 1 N–H and O–H groups in total. The molecule has 8 heteroatoms. The Morgan fingerprint density at radius 1 is 1.07 bits per heavy atom. The van der Waals surface area contributed by atoms with Crippen LogP contribution in [0.5, 0.6) is 0 Å². The maximum Gasteiger partial charge on any atom is 0.337 e. The normalized spacial score (nSPS) is 17.3. The highest BCUT2D eigenvalue weighted by Gasteiger charge is 2.28. The fraction of sp³-hybridized carbons (Fsp3) is 0.364. The van der Waals surface area contributed by atoms with E-state index < -0.39 is 16.0 Å². The monoisotopic (exact) mass is 430 g/mol. The van der Waals surface area contributed by atoms with Crippen molar-refractivity contribution >= 4 is 21.9 Å². The summed E-state index contributed by atoms with van der Waals surface area (Å²) in [5.74, 6) is -0.373. The minimum absolute atomic E-state index is 0.201. The van der Waals surface area contributed by atoms with Gasteiger partial charge in [0.15, 0.2) is 0 Å². The van der Waals surface area contributed by atoms with Gasteiger partial charge in [-0.15, -0.1) is 0 Å². The van der Waals surface area contributed by atoms with Gasteiger partial charge in [0.2, 0.25) is 10.0 Å². The molecule has 0 aliphatic carbocycles. The summed E-state index contributed by atoms with van der Waals surface area (Å²) in [4.78, 5) is 24.1. The molecule has 1 amide bonds. The Morgan fingerprint density at radius 2 is 1.70 bits per heavy atom. The summed E-state index contributed by atoms with van der Waals surface area (Å²) < 4.78 is 31.8. The molecule has 0 radical (unpaired) electrons. The highest BCUT2D eigenvalue weighted by molar-refractivity contribution is 7.89. The van der Waals surface area contributed by atoms with Gasteiger partial charge in [0, 0.05) is 25.2 Å². The van der Waals surface area contributed by atoms with Crippen molar-refractivity contribution in [3.05, 3.63) is 65.2 Å². The lowest BCUT2D eigenvalue weighted by Crippen LogP contribution is -2.39. The summed E-state index contributed by atoms with van der Waals surface area (Å²) in [5.41, 5.74) is 1.65. The number of carbonyl (C=O) groups excluding carboxylic acids is 2. The van der Waals surface area contributed by atoms with Crippen LogP contribution in [0.4, 0.5) is 0 Å². The number of amides is 1. The number of hydrogen-bond acceptors (Lipinski definition) is 5. The number of rotatable bonds is 6. The Kier molecular flexibility index (Phi) is 6.89. The topological polar surface area (TPSA) is 92.8 Å². The summed E-state index contributed by atoms with van der Waals surface area (Å²) in [6.45, 7) is 3.40.